The van der Waals surface area contributed by atoms with Crippen molar-refractivity contribution in [2.45, 2.75) is 24.4 Å². The van der Waals surface area contributed by atoms with Gasteiger partial charge in [-0.1, -0.05) is 18.2 Å². The number of rotatable bonds is 4. The molecule has 6 heteroatoms. The Balaban J connectivity index is 1.63. The number of ether oxygens (including phenoxy) is 1. The number of benzene rings is 1. The van der Waals surface area contributed by atoms with Crippen molar-refractivity contribution in [2.75, 3.05) is 44.2 Å². The summed E-state index contributed by atoms with van der Waals surface area (Å²) in [5, 5.41) is 19.7. The fourth-order valence-corrected chi connectivity index (χ4v) is 3.54. The van der Waals surface area contributed by atoms with Crippen molar-refractivity contribution >= 4 is 5.69 Å². The molecule has 2 aliphatic heterocycles. The van der Waals surface area contributed by atoms with Gasteiger partial charge in [-0.05, 0) is 12.1 Å². The van der Waals surface area contributed by atoms with E-state index < -0.39 is 12.2 Å². The second-order valence-electron chi connectivity index (χ2n) is 5.97. The molecule has 2 fully saturated rings. The molecule has 0 aromatic heterocycles. The predicted molar refractivity (Wildman–Crippen MR) is 84.8 cm³/mol. The summed E-state index contributed by atoms with van der Waals surface area (Å²) in [5.41, 5.74) is 7.00. The van der Waals surface area contributed by atoms with E-state index in [0.717, 1.165) is 26.2 Å². The molecular formula is C16H25N3O3. The van der Waals surface area contributed by atoms with E-state index in [0.29, 0.717) is 6.54 Å². The lowest BCUT2D eigenvalue weighted by atomic mass is 10.0. The van der Waals surface area contributed by atoms with Crippen molar-refractivity contribution in [3.8, 4) is 0 Å². The van der Waals surface area contributed by atoms with Crippen LogP contribution in [-0.4, -0.2) is 78.8 Å². The first-order valence-electron chi connectivity index (χ1n) is 7.93. The Morgan fingerprint density at radius 1 is 1.09 bits per heavy atom. The summed E-state index contributed by atoms with van der Waals surface area (Å²) < 4.78 is 5.67. The molecule has 6 nitrogen and oxygen atoms in total. The van der Waals surface area contributed by atoms with E-state index in [1.54, 1.807) is 0 Å². The number of piperazine rings is 1. The van der Waals surface area contributed by atoms with Gasteiger partial charge >= 0.3 is 0 Å². The van der Waals surface area contributed by atoms with Crippen LogP contribution >= 0.6 is 0 Å². The summed E-state index contributed by atoms with van der Waals surface area (Å²) in [6.45, 7) is 3.72. The van der Waals surface area contributed by atoms with Crippen LogP contribution in [0.3, 0.4) is 0 Å². The van der Waals surface area contributed by atoms with Crippen LogP contribution in [0.2, 0.25) is 0 Å². The monoisotopic (exact) mass is 307 g/mol. The van der Waals surface area contributed by atoms with Gasteiger partial charge in [0.1, 0.15) is 12.2 Å². The number of nitrogens with two attached hydrogens (primary N) is 1. The fourth-order valence-electron chi connectivity index (χ4n) is 3.54. The molecule has 122 valence electrons. The molecule has 0 spiro atoms. The first kappa shape index (κ1) is 15.7. The molecule has 1 aromatic rings. The van der Waals surface area contributed by atoms with Crippen LogP contribution in [0.4, 0.5) is 5.69 Å². The number of nitrogens with zero attached hydrogens (tertiary/aromatic N) is 2. The predicted octanol–water partition coefficient (Wildman–Crippen LogP) is -0.743. The van der Waals surface area contributed by atoms with E-state index >= 15 is 0 Å². The van der Waals surface area contributed by atoms with Crippen molar-refractivity contribution in [1.82, 2.24) is 4.90 Å². The lowest BCUT2D eigenvalue weighted by Gasteiger charge is -2.41. The van der Waals surface area contributed by atoms with Gasteiger partial charge in [0.15, 0.2) is 0 Å². The van der Waals surface area contributed by atoms with E-state index in [9.17, 15) is 10.2 Å². The number of hydrogen-bond donors (Lipinski definition) is 3. The molecule has 4 atom stereocenters. The molecule has 0 aliphatic carbocycles. The molecule has 0 saturated carbocycles. The highest BCUT2D eigenvalue weighted by Gasteiger charge is 2.46. The minimum absolute atomic E-state index is 0.125. The number of aliphatic hydroxyl groups excluding tert-OH is 2. The summed E-state index contributed by atoms with van der Waals surface area (Å²) in [6.07, 6.45) is -1.41. The molecule has 2 saturated heterocycles. The van der Waals surface area contributed by atoms with Gasteiger partial charge in [-0.25, -0.2) is 0 Å². The topological polar surface area (TPSA) is 82.2 Å². The van der Waals surface area contributed by atoms with Gasteiger partial charge in [0.05, 0.1) is 18.8 Å². The third-order valence-electron chi connectivity index (χ3n) is 4.73. The third kappa shape index (κ3) is 2.98. The maximum atomic E-state index is 10.4. The number of para-hydroxylation sites is 1. The first-order chi connectivity index (χ1) is 10.7. The summed E-state index contributed by atoms with van der Waals surface area (Å²) in [5.74, 6) is 0. The first-order valence-corrected chi connectivity index (χ1v) is 7.93. The minimum atomic E-state index is -0.679. The maximum absolute atomic E-state index is 10.4. The van der Waals surface area contributed by atoms with Gasteiger partial charge in [0.2, 0.25) is 0 Å². The third-order valence-corrected chi connectivity index (χ3v) is 4.73. The molecule has 2 heterocycles. The molecule has 0 radical (unpaired) electrons. The smallest absolute Gasteiger partial charge is 0.109 e. The molecule has 1 aromatic carbocycles. The zero-order valence-electron chi connectivity index (χ0n) is 12.7. The summed E-state index contributed by atoms with van der Waals surface area (Å²) in [7, 11) is 0. The van der Waals surface area contributed by atoms with E-state index in [4.69, 9.17) is 10.5 Å². The number of anilines is 1. The lowest BCUT2D eigenvalue weighted by molar-refractivity contribution is -0.0193. The Morgan fingerprint density at radius 2 is 1.77 bits per heavy atom. The van der Waals surface area contributed by atoms with Gasteiger partial charge < -0.3 is 25.6 Å². The zero-order valence-corrected chi connectivity index (χ0v) is 12.7. The minimum Gasteiger partial charge on any atom is -0.394 e. The highest BCUT2D eigenvalue weighted by Crippen LogP contribution is 2.27. The molecule has 22 heavy (non-hydrogen) atoms. The van der Waals surface area contributed by atoms with Crippen molar-refractivity contribution in [2.24, 2.45) is 5.73 Å². The average molecular weight is 307 g/mol. The standard InChI is InChI=1S/C16H25N3O3/c17-10-13-15(16(21)14(11-20)22-13)19-8-6-18(7-9-19)12-4-2-1-3-5-12/h1-5,13-16,20-21H,6-11,17H2/t13-,14+,15-,16-/m1/s1. The highest BCUT2D eigenvalue weighted by molar-refractivity contribution is 5.46. The van der Waals surface area contributed by atoms with Crippen LogP contribution in [0, 0.1) is 0 Å². The molecule has 0 bridgehead atoms. The van der Waals surface area contributed by atoms with E-state index in [1.165, 1.54) is 5.69 Å². The molecule has 4 N–H and O–H groups in total. The summed E-state index contributed by atoms with van der Waals surface area (Å²) in [4.78, 5) is 4.59. The maximum Gasteiger partial charge on any atom is 0.109 e. The van der Waals surface area contributed by atoms with Gasteiger partial charge in [-0.2, -0.15) is 0 Å². The quantitative estimate of drug-likeness (QED) is 0.679. The normalized spacial score (nSPS) is 33.3. The average Bonchev–Trinajstić information content (AvgIpc) is 2.91. The molecule has 2 aliphatic rings. The molecule has 3 rings (SSSR count). The van der Waals surface area contributed by atoms with Gasteiger partial charge in [-0.15, -0.1) is 0 Å². The molecular weight excluding hydrogens is 282 g/mol. The van der Waals surface area contributed by atoms with Crippen LogP contribution < -0.4 is 10.6 Å². The van der Waals surface area contributed by atoms with Crippen LogP contribution in [0.25, 0.3) is 0 Å². The second kappa shape index (κ2) is 6.93. The Hall–Kier alpha value is -1.18. The van der Waals surface area contributed by atoms with Crippen molar-refractivity contribution in [3.05, 3.63) is 30.3 Å². The van der Waals surface area contributed by atoms with Crippen LogP contribution in [0.1, 0.15) is 0 Å². The van der Waals surface area contributed by atoms with Gasteiger partial charge in [0.25, 0.3) is 0 Å². The lowest BCUT2D eigenvalue weighted by Crippen LogP contribution is -2.57. The van der Waals surface area contributed by atoms with Crippen LogP contribution in [0.15, 0.2) is 30.3 Å². The van der Waals surface area contributed by atoms with E-state index in [-0.39, 0.29) is 18.8 Å². The SMILES string of the molecule is NC[C@H]1O[C@@H](CO)[C@@H](O)[C@@H]1N1CCN(c2ccccc2)CC1. The van der Waals surface area contributed by atoms with Crippen molar-refractivity contribution < 1.29 is 14.9 Å². The second-order valence-corrected chi connectivity index (χ2v) is 5.97. The molecule has 0 unspecified atom stereocenters. The summed E-state index contributed by atoms with van der Waals surface area (Å²) >= 11 is 0. The van der Waals surface area contributed by atoms with Crippen LogP contribution in [0.5, 0.6) is 0 Å². The van der Waals surface area contributed by atoms with Crippen molar-refractivity contribution in [3.63, 3.8) is 0 Å². The van der Waals surface area contributed by atoms with Gasteiger partial charge in [-0.3, -0.25) is 4.90 Å². The molecule has 0 amide bonds. The Labute approximate surface area is 131 Å². The Bertz CT molecular complexity index is 463. The van der Waals surface area contributed by atoms with Crippen LogP contribution in [-0.2, 0) is 4.74 Å². The Kier molecular flexibility index (Phi) is 4.95. The Morgan fingerprint density at radius 3 is 2.36 bits per heavy atom. The van der Waals surface area contributed by atoms with Crippen molar-refractivity contribution in [1.29, 1.82) is 0 Å². The highest BCUT2D eigenvalue weighted by atomic mass is 16.5. The van der Waals surface area contributed by atoms with E-state index in [1.807, 2.05) is 18.2 Å². The van der Waals surface area contributed by atoms with E-state index in [2.05, 4.69) is 21.9 Å². The number of hydrogen-bond acceptors (Lipinski definition) is 6. The van der Waals surface area contributed by atoms with Gasteiger partial charge in [0, 0.05) is 38.4 Å². The number of aliphatic hydroxyl groups is 2. The fraction of sp³-hybridized carbons (Fsp3) is 0.625. The zero-order chi connectivity index (χ0) is 15.5. The summed E-state index contributed by atoms with van der Waals surface area (Å²) in [6, 6.07) is 10.2. The largest absolute Gasteiger partial charge is 0.394 e.